The van der Waals surface area contributed by atoms with Crippen molar-refractivity contribution < 1.29 is 5.21 Å². The molecule has 0 amide bonds. The molecule has 0 radical (unpaired) electrons. The summed E-state index contributed by atoms with van der Waals surface area (Å²) in [5.74, 6) is 0. The Bertz CT molecular complexity index is 851. The number of aromatic nitrogens is 2. The number of oxime groups is 1. The average molecular weight is 272 g/mol. The third kappa shape index (κ3) is 1.40. The van der Waals surface area contributed by atoms with Crippen molar-refractivity contribution in [3.8, 4) is 0 Å². The van der Waals surface area contributed by atoms with Gasteiger partial charge in [-0.15, -0.1) is 0 Å². The summed E-state index contributed by atoms with van der Waals surface area (Å²) < 4.78 is 0. The Kier molecular flexibility index (Phi) is 2.11. The van der Waals surface area contributed by atoms with E-state index >= 15 is 0 Å². The van der Waals surface area contributed by atoms with Crippen molar-refractivity contribution >= 4 is 39.0 Å². The first-order valence-corrected chi connectivity index (χ1v) is 6.46. The van der Waals surface area contributed by atoms with Crippen molar-refractivity contribution in [2.45, 2.75) is 12.8 Å². The van der Waals surface area contributed by atoms with Gasteiger partial charge in [0.05, 0.1) is 16.9 Å². The second kappa shape index (κ2) is 3.71. The van der Waals surface area contributed by atoms with Crippen LogP contribution in [-0.2, 0) is 6.42 Å². The van der Waals surface area contributed by atoms with Crippen LogP contribution >= 0.6 is 11.6 Å². The fraction of sp³-hybridized carbons (Fsp3) is 0.143. The zero-order valence-electron chi connectivity index (χ0n) is 9.94. The van der Waals surface area contributed by atoms with E-state index in [-0.39, 0.29) is 0 Å². The third-order valence-electron chi connectivity index (χ3n) is 3.70. The van der Waals surface area contributed by atoms with Crippen molar-refractivity contribution in [2.24, 2.45) is 5.16 Å². The molecule has 0 atom stereocenters. The maximum atomic E-state index is 9.08. The van der Waals surface area contributed by atoms with E-state index in [4.69, 9.17) is 21.8 Å². The Balaban J connectivity index is 2.17. The minimum absolute atomic E-state index is 0.583. The molecule has 0 bridgehead atoms. The number of hydrogen-bond donors (Lipinski definition) is 2. The number of fused-ring (bicyclic) bond motifs is 5. The minimum atomic E-state index is 0.583. The smallest absolute Gasteiger partial charge is 0.106 e. The Morgan fingerprint density at radius 3 is 3.00 bits per heavy atom. The number of benzene rings is 1. The Hall–Kier alpha value is -2.07. The Labute approximate surface area is 113 Å². The van der Waals surface area contributed by atoms with Gasteiger partial charge in [-0.3, -0.25) is 4.98 Å². The molecule has 1 aliphatic carbocycles. The van der Waals surface area contributed by atoms with Crippen LogP contribution in [0, 0.1) is 0 Å². The molecular weight excluding hydrogens is 262 g/mol. The Morgan fingerprint density at radius 2 is 2.16 bits per heavy atom. The van der Waals surface area contributed by atoms with Crippen molar-refractivity contribution in [3.05, 3.63) is 40.8 Å². The summed E-state index contributed by atoms with van der Waals surface area (Å²) in [4.78, 5) is 7.68. The summed E-state index contributed by atoms with van der Waals surface area (Å²) in [6.07, 6.45) is 3.46. The zero-order chi connectivity index (χ0) is 13.0. The van der Waals surface area contributed by atoms with Gasteiger partial charge in [-0.05, 0) is 18.9 Å². The van der Waals surface area contributed by atoms with E-state index in [1.807, 2.05) is 24.4 Å². The third-order valence-corrected chi connectivity index (χ3v) is 3.92. The van der Waals surface area contributed by atoms with Gasteiger partial charge in [0.2, 0.25) is 0 Å². The lowest BCUT2D eigenvalue weighted by atomic mass is 10.1. The maximum absolute atomic E-state index is 9.08. The van der Waals surface area contributed by atoms with Crippen LogP contribution in [0.25, 0.3) is 21.7 Å². The summed E-state index contributed by atoms with van der Waals surface area (Å²) in [6.45, 7) is 0. The largest absolute Gasteiger partial charge is 0.411 e. The van der Waals surface area contributed by atoms with E-state index in [0.29, 0.717) is 5.15 Å². The van der Waals surface area contributed by atoms with Gasteiger partial charge in [-0.25, -0.2) is 0 Å². The normalized spacial score (nSPS) is 16.6. The van der Waals surface area contributed by atoms with Crippen molar-refractivity contribution in [1.82, 2.24) is 9.97 Å². The lowest BCUT2D eigenvalue weighted by Gasteiger charge is -2.02. The van der Waals surface area contributed by atoms with E-state index in [9.17, 15) is 0 Å². The number of nitrogens with one attached hydrogen (secondary N) is 1. The van der Waals surface area contributed by atoms with Crippen LogP contribution in [0.4, 0.5) is 0 Å². The summed E-state index contributed by atoms with van der Waals surface area (Å²) in [6, 6.07) is 5.94. The number of pyridine rings is 1. The van der Waals surface area contributed by atoms with E-state index in [1.165, 1.54) is 0 Å². The molecule has 0 saturated carbocycles. The van der Waals surface area contributed by atoms with E-state index < -0.39 is 0 Å². The van der Waals surface area contributed by atoms with E-state index in [1.54, 1.807) is 0 Å². The maximum Gasteiger partial charge on any atom is 0.106 e. The molecule has 94 valence electrons. The van der Waals surface area contributed by atoms with Gasteiger partial charge in [0.15, 0.2) is 0 Å². The fourth-order valence-electron chi connectivity index (χ4n) is 2.85. The van der Waals surface area contributed by atoms with Crippen molar-refractivity contribution in [2.75, 3.05) is 0 Å². The topological polar surface area (TPSA) is 61.3 Å². The van der Waals surface area contributed by atoms with Crippen LogP contribution in [0.1, 0.15) is 17.7 Å². The van der Waals surface area contributed by atoms with E-state index in [2.05, 4.69) is 10.1 Å². The van der Waals surface area contributed by atoms with Crippen LogP contribution in [0.3, 0.4) is 0 Å². The van der Waals surface area contributed by atoms with Crippen LogP contribution in [0.15, 0.2) is 29.6 Å². The minimum Gasteiger partial charge on any atom is -0.411 e. The fourth-order valence-corrected chi connectivity index (χ4v) is 3.01. The van der Waals surface area contributed by atoms with Crippen LogP contribution in [0.5, 0.6) is 0 Å². The molecule has 1 aromatic carbocycles. The molecular formula is C14H10ClN3O. The quantitative estimate of drug-likeness (QED) is 0.373. The summed E-state index contributed by atoms with van der Waals surface area (Å²) >= 11 is 6.02. The first kappa shape index (κ1) is 10.8. The number of H-pyrrole nitrogens is 1. The molecule has 0 aliphatic heterocycles. The molecule has 1 aliphatic rings. The highest BCUT2D eigenvalue weighted by Gasteiger charge is 2.25. The monoisotopic (exact) mass is 271 g/mol. The molecule has 4 rings (SSSR count). The predicted octanol–water partition coefficient (Wildman–Crippen LogP) is 3.49. The Morgan fingerprint density at radius 1 is 1.26 bits per heavy atom. The first-order chi connectivity index (χ1) is 9.28. The molecule has 5 heteroatoms. The molecule has 2 aromatic heterocycles. The lowest BCUT2D eigenvalue weighted by Crippen LogP contribution is -1.93. The standard InChI is InChI=1S/C14H10ClN3O/c15-12-5-9-7(6-16-12)1-2-8-13-10(17-14(8)9)3-4-11(13)18-19/h1-2,5-6,16,19H,3-4H2. The molecule has 2 heterocycles. The zero-order valence-corrected chi connectivity index (χ0v) is 10.7. The molecule has 3 aromatic rings. The molecule has 19 heavy (non-hydrogen) atoms. The van der Waals surface area contributed by atoms with Gasteiger partial charge in [-0.2, -0.15) is 0 Å². The van der Waals surface area contributed by atoms with Crippen molar-refractivity contribution in [3.63, 3.8) is 0 Å². The van der Waals surface area contributed by atoms with Gasteiger partial charge in [0, 0.05) is 27.9 Å². The lowest BCUT2D eigenvalue weighted by molar-refractivity contribution is 0.318. The average Bonchev–Trinajstić information content (AvgIpc) is 2.97. The van der Waals surface area contributed by atoms with Crippen LogP contribution < -0.4 is 0 Å². The highest BCUT2D eigenvalue weighted by Crippen LogP contribution is 2.34. The molecule has 0 unspecified atom stereocenters. The highest BCUT2D eigenvalue weighted by molar-refractivity contribution is 6.30. The van der Waals surface area contributed by atoms with Gasteiger partial charge >= 0.3 is 0 Å². The highest BCUT2D eigenvalue weighted by atomic mass is 35.5. The number of aryl methyl sites for hydroxylation is 1. The summed E-state index contributed by atoms with van der Waals surface area (Å²) in [7, 11) is 0. The van der Waals surface area contributed by atoms with Crippen LogP contribution in [0.2, 0.25) is 5.15 Å². The second-order valence-corrected chi connectivity index (χ2v) is 5.13. The van der Waals surface area contributed by atoms with Gasteiger partial charge in [-0.1, -0.05) is 28.9 Å². The number of rotatable bonds is 0. The predicted molar refractivity (Wildman–Crippen MR) is 75.3 cm³/mol. The second-order valence-electron chi connectivity index (χ2n) is 4.73. The first-order valence-electron chi connectivity index (χ1n) is 6.08. The number of aromatic amines is 1. The molecule has 2 N–H and O–H groups in total. The number of nitrogens with zero attached hydrogens (tertiary/aromatic N) is 2. The molecule has 4 nitrogen and oxygen atoms in total. The molecule has 0 spiro atoms. The number of halogens is 1. The van der Waals surface area contributed by atoms with Crippen LogP contribution in [-0.4, -0.2) is 20.9 Å². The van der Waals surface area contributed by atoms with Gasteiger partial charge < -0.3 is 10.2 Å². The number of hydrogen-bond acceptors (Lipinski definition) is 3. The SMILES string of the molecule is ON=C1CCc2nc3c(ccc4c[nH]c(Cl)cc43)c21. The summed E-state index contributed by atoms with van der Waals surface area (Å²) in [5.41, 5.74) is 3.66. The van der Waals surface area contributed by atoms with Gasteiger partial charge in [0.1, 0.15) is 5.15 Å². The van der Waals surface area contributed by atoms with Gasteiger partial charge in [0.25, 0.3) is 0 Å². The molecule has 0 fully saturated rings. The van der Waals surface area contributed by atoms with Crippen molar-refractivity contribution in [1.29, 1.82) is 0 Å². The van der Waals surface area contributed by atoms with E-state index in [0.717, 1.165) is 51.5 Å². The summed E-state index contributed by atoms with van der Waals surface area (Å²) in [5, 5.41) is 16.2. The molecule has 0 saturated heterocycles.